The first kappa shape index (κ1) is 15.5. The number of imidazole rings is 1. The Kier molecular flexibility index (Phi) is 3.82. The minimum atomic E-state index is -0.875. The Labute approximate surface area is 146 Å². The number of hydrogen-bond acceptors (Lipinski definition) is 3. The van der Waals surface area contributed by atoms with Crippen LogP contribution in [-0.2, 0) is 11.2 Å². The van der Waals surface area contributed by atoms with E-state index in [0.717, 1.165) is 32.4 Å². The first-order chi connectivity index (χ1) is 12.1. The van der Waals surface area contributed by atoms with Crippen LogP contribution in [0.1, 0.15) is 4.88 Å². The molecule has 1 N–H and O–H groups in total. The molecule has 4 nitrogen and oxygen atoms in total. The van der Waals surface area contributed by atoms with Crippen LogP contribution in [0.15, 0.2) is 60.8 Å². The van der Waals surface area contributed by atoms with Gasteiger partial charge in [0.15, 0.2) is 4.96 Å². The van der Waals surface area contributed by atoms with E-state index in [1.165, 1.54) is 23.5 Å². The Morgan fingerprint density at radius 1 is 1.08 bits per heavy atom. The fraction of sp³-hybridized carbons (Fsp3) is 0.0526. The molecular formula is C19H13FN2O2S. The summed E-state index contributed by atoms with van der Waals surface area (Å²) in [6, 6.07) is 15.8. The van der Waals surface area contributed by atoms with Crippen LogP contribution in [0.2, 0.25) is 0 Å². The van der Waals surface area contributed by atoms with E-state index >= 15 is 0 Å². The number of aliphatic carboxylic acids is 1. The summed E-state index contributed by atoms with van der Waals surface area (Å²) in [7, 11) is 0. The normalized spacial score (nSPS) is 11.1. The van der Waals surface area contributed by atoms with Crippen LogP contribution in [0.5, 0.6) is 0 Å². The lowest BCUT2D eigenvalue weighted by Crippen LogP contribution is -2.00. The highest BCUT2D eigenvalue weighted by Gasteiger charge is 2.18. The van der Waals surface area contributed by atoms with Crippen molar-refractivity contribution in [1.82, 2.24) is 9.38 Å². The van der Waals surface area contributed by atoms with Gasteiger partial charge in [0.2, 0.25) is 0 Å². The van der Waals surface area contributed by atoms with Gasteiger partial charge in [-0.3, -0.25) is 9.20 Å². The summed E-state index contributed by atoms with van der Waals surface area (Å²) in [5.41, 5.74) is 3.32. The molecule has 0 radical (unpaired) electrons. The van der Waals surface area contributed by atoms with Gasteiger partial charge in [0.05, 0.1) is 17.8 Å². The van der Waals surface area contributed by atoms with Crippen LogP contribution in [0.4, 0.5) is 4.39 Å². The van der Waals surface area contributed by atoms with Crippen LogP contribution < -0.4 is 0 Å². The van der Waals surface area contributed by atoms with Gasteiger partial charge in [0, 0.05) is 16.6 Å². The van der Waals surface area contributed by atoms with Crippen molar-refractivity contribution in [3.8, 4) is 22.5 Å². The van der Waals surface area contributed by atoms with Gasteiger partial charge in [-0.2, -0.15) is 0 Å². The summed E-state index contributed by atoms with van der Waals surface area (Å²) in [6.45, 7) is 0. The van der Waals surface area contributed by atoms with Crippen LogP contribution in [0, 0.1) is 5.82 Å². The summed E-state index contributed by atoms with van der Waals surface area (Å²) >= 11 is 1.36. The summed E-state index contributed by atoms with van der Waals surface area (Å²) in [4.78, 5) is 17.3. The molecule has 0 saturated heterocycles. The van der Waals surface area contributed by atoms with E-state index < -0.39 is 5.97 Å². The van der Waals surface area contributed by atoms with Crippen LogP contribution >= 0.6 is 11.3 Å². The van der Waals surface area contributed by atoms with Gasteiger partial charge < -0.3 is 5.11 Å². The highest BCUT2D eigenvalue weighted by molar-refractivity contribution is 7.17. The van der Waals surface area contributed by atoms with Crippen molar-refractivity contribution < 1.29 is 14.3 Å². The van der Waals surface area contributed by atoms with E-state index in [9.17, 15) is 14.3 Å². The second kappa shape index (κ2) is 6.14. The lowest BCUT2D eigenvalue weighted by molar-refractivity contribution is -0.136. The molecule has 0 amide bonds. The highest BCUT2D eigenvalue weighted by Crippen LogP contribution is 2.34. The number of carboxylic acid groups (broad SMARTS) is 1. The van der Waals surface area contributed by atoms with E-state index in [4.69, 9.17) is 0 Å². The van der Waals surface area contributed by atoms with Crippen molar-refractivity contribution in [1.29, 1.82) is 0 Å². The van der Waals surface area contributed by atoms with Crippen molar-refractivity contribution in [3.63, 3.8) is 0 Å². The van der Waals surface area contributed by atoms with Crippen LogP contribution in [-0.4, -0.2) is 20.5 Å². The molecule has 0 fully saturated rings. The number of halogens is 1. The molecule has 124 valence electrons. The lowest BCUT2D eigenvalue weighted by Gasteiger charge is -2.03. The fourth-order valence-corrected chi connectivity index (χ4v) is 3.92. The summed E-state index contributed by atoms with van der Waals surface area (Å²) < 4.78 is 15.0. The van der Waals surface area contributed by atoms with E-state index in [1.54, 1.807) is 12.1 Å². The minimum absolute atomic E-state index is 0.0515. The van der Waals surface area contributed by atoms with E-state index in [1.807, 2.05) is 40.9 Å². The van der Waals surface area contributed by atoms with Crippen molar-refractivity contribution in [2.75, 3.05) is 0 Å². The number of carbonyl (C=O) groups is 1. The fourth-order valence-electron chi connectivity index (χ4n) is 2.80. The third kappa shape index (κ3) is 2.92. The Hall–Kier alpha value is -2.99. The smallest absolute Gasteiger partial charge is 0.308 e. The molecule has 0 aliphatic rings. The van der Waals surface area contributed by atoms with Gasteiger partial charge in [-0.15, -0.1) is 11.3 Å². The van der Waals surface area contributed by atoms with Gasteiger partial charge in [-0.25, -0.2) is 9.37 Å². The Morgan fingerprint density at radius 2 is 1.80 bits per heavy atom. The lowest BCUT2D eigenvalue weighted by atomic mass is 10.1. The van der Waals surface area contributed by atoms with Gasteiger partial charge in [-0.05, 0) is 29.8 Å². The van der Waals surface area contributed by atoms with Crippen LogP contribution in [0.3, 0.4) is 0 Å². The summed E-state index contributed by atoms with van der Waals surface area (Å²) in [5.74, 6) is -1.17. The zero-order valence-electron chi connectivity index (χ0n) is 13.0. The first-order valence-corrected chi connectivity index (χ1v) is 8.47. The van der Waals surface area contributed by atoms with E-state index in [0.29, 0.717) is 0 Å². The Balaban J connectivity index is 1.89. The number of carboxylic acids is 1. The quantitative estimate of drug-likeness (QED) is 0.588. The molecule has 4 rings (SSSR count). The molecule has 2 heterocycles. The molecule has 2 aromatic carbocycles. The maximum Gasteiger partial charge on any atom is 0.308 e. The monoisotopic (exact) mass is 352 g/mol. The Morgan fingerprint density at radius 3 is 2.48 bits per heavy atom. The molecule has 0 unspecified atom stereocenters. The summed E-state index contributed by atoms with van der Waals surface area (Å²) in [5, 5.41) is 9.20. The van der Waals surface area contributed by atoms with Gasteiger partial charge in [-0.1, -0.05) is 30.3 Å². The van der Waals surface area contributed by atoms with E-state index in [-0.39, 0.29) is 12.2 Å². The zero-order valence-corrected chi connectivity index (χ0v) is 13.8. The predicted octanol–water partition coefficient (Wildman–Crippen LogP) is 4.50. The number of hydrogen-bond donors (Lipinski definition) is 1. The Bertz CT molecular complexity index is 1050. The molecule has 0 saturated carbocycles. The van der Waals surface area contributed by atoms with Crippen molar-refractivity contribution >= 4 is 22.3 Å². The standard InChI is InChI=1S/C19H13FN2O2S/c20-14-8-6-12(7-9-14)15-11-22-18(13-4-2-1-3-5-13)16(10-17(23)24)25-19(22)21-15/h1-9,11H,10H2,(H,23,24). The molecule has 0 spiro atoms. The topological polar surface area (TPSA) is 54.6 Å². The maximum atomic E-state index is 13.1. The molecular weight excluding hydrogens is 339 g/mol. The molecule has 6 heteroatoms. The second-order valence-electron chi connectivity index (χ2n) is 5.60. The van der Waals surface area contributed by atoms with Gasteiger partial charge in [0.25, 0.3) is 0 Å². The van der Waals surface area contributed by atoms with Crippen molar-refractivity contribution in [3.05, 3.63) is 71.5 Å². The molecule has 0 aliphatic carbocycles. The summed E-state index contributed by atoms with van der Waals surface area (Å²) in [6.07, 6.45) is 1.82. The number of thiazole rings is 1. The first-order valence-electron chi connectivity index (χ1n) is 7.66. The van der Waals surface area contributed by atoms with E-state index in [2.05, 4.69) is 4.98 Å². The number of rotatable bonds is 4. The molecule has 2 aromatic heterocycles. The molecule has 0 atom stereocenters. The SMILES string of the molecule is O=C(O)Cc1sc2nc(-c3ccc(F)cc3)cn2c1-c1ccccc1. The molecule has 4 aromatic rings. The number of aromatic nitrogens is 2. The second-order valence-corrected chi connectivity index (χ2v) is 6.66. The number of fused-ring (bicyclic) bond motifs is 1. The zero-order chi connectivity index (χ0) is 17.4. The third-order valence-electron chi connectivity index (χ3n) is 3.89. The average molecular weight is 352 g/mol. The van der Waals surface area contributed by atoms with Gasteiger partial charge in [0.1, 0.15) is 5.82 Å². The largest absolute Gasteiger partial charge is 0.481 e. The van der Waals surface area contributed by atoms with Gasteiger partial charge >= 0.3 is 5.97 Å². The van der Waals surface area contributed by atoms with Crippen molar-refractivity contribution in [2.24, 2.45) is 0 Å². The molecule has 25 heavy (non-hydrogen) atoms. The predicted molar refractivity (Wildman–Crippen MR) is 95.2 cm³/mol. The molecule has 0 bridgehead atoms. The number of nitrogens with zero attached hydrogens (tertiary/aromatic N) is 2. The highest BCUT2D eigenvalue weighted by atomic mass is 32.1. The third-order valence-corrected chi connectivity index (χ3v) is 4.95. The average Bonchev–Trinajstić information content (AvgIpc) is 3.13. The number of benzene rings is 2. The van der Waals surface area contributed by atoms with Crippen molar-refractivity contribution in [2.45, 2.75) is 6.42 Å². The minimum Gasteiger partial charge on any atom is -0.481 e. The maximum absolute atomic E-state index is 13.1. The van der Waals surface area contributed by atoms with Crippen LogP contribution in [0.25, 0.3) is 27.5 Å². The molecule has 0 aliphatic heterocycles.